The molecular formula is C13H17F3N2O. The maximum absolute atomic E-state index is 14.1. The van der Waals surface area contributed by atoms with Crippen LogP contribution >= 0.6 is 0 Å². The number of ether oxygens (including phenoxy) is 1. The Morgan fingerprint density at radius 2 is 1.95 bits per heavy atom. The topological polar surface area (TPSA) is 24.5 Å². The number of nitrogens with one attached hydrogen (secondary N) is 1. The number of nitrogens with zero attached hydrogens (tertiary/aromatic N) is 1. The van der Waals surface area contributed by atoms with E-state index in [1.165, 1.54) is 25.3 Å². The first-order valence-electron chi connectivity index (χ1n) is 6.20. The molecule has 19 heavy (non-hydrogen) atoms. The maximum Gasteiger partial charge on any atom is 0.258 e. The normalized spacial score (nSPS) is 18.6. The predicted molar refractivity (Wildman–Crippen MR) is 66.1 cm³/mol. The number of alkyl halides is 2. The molecule has 3 nitrogen and oxygen atoms in total. The lowest BCUT2D eigenvalue weighted by atomic mass is 10.0. The summed E-state index contributed by atoms with van der Waals surface area (Å²) in [5, 5.41) is 3.09. The van der Waals surface area contributed by atoms with Crippen molar-refractivity contribution in [2.24, 2.45) is 0 Å². The van der Waals surface area contributed by atoms with Gasteiger partial charge in [-0.05, 0) is 6.07 Å². The van der Waals surface area contributed by atoms with Crippen LogP contribution in [0.25, 0.3) is 0 Å². The predicted octanol–water partition coefficient (Wildman–Crippen LogP) is 2.05. The summed E-state index contributed by atoms with van der Waals surface area (Å²) in [4.78, 5) is 1.61. The van der Waals surface area contributed by atoms with E-state index in [9.17, 15) is 13.2 Å². The summed E-state index contributed by atoms with van der Waals surface area (Å²) in [6.07, 6.45) is -2.64. The first-order chi connectivity index (χ1) is 9.15. The molecule has 1 aliphatic rings. The van der Waals surface area contributed by atoms with E-state index in [4.69, 9.17) is 4.74 Å². The van der Waals surface area contributed by atoms with Crippen molar-refractivity contribution in [3.8, 4) is 5.75 Å². The SMILES string of the molecule is COc1cccc([C@@H](C(F)F)N2CCNCC2)c1F. The molecule has 1 atom stereocenters. The van der Waals surface area contributed by atoms with Gasteiger partial charge in [-0.2, -0.15) is 0 Å². The van der Waals surface area contributed by atoms with Gasteiger partial charge in [-0.25, -0.2) is 13.2 Å². The minimum absolute atomic E-state index is 0.00159. The first kappa shape index (κ1) is 14.1. The van der Waals surface area contributed by atoms with Crippen molar-refractivity contribution in [1.82, 2.24) is 10.2 Å². The average molecular weight is 274 g/mol. The summed E-state index contributed by atoms with van der Waals surface area (Å²) < 4.78 is 45.6. The molecule has 0 amide bonds. The summed E-state index contributed by atoms with van der Waals surface area (Å²) in [6.45, 7) is 2.22. The summed E-state index contributed by atoms with van der Waals surface area (Å²) in [6, 6.07) is 3.14. The number of methoxy groups -OCH3 is 1. The zero-order chi connectivity index (χ0) is 13.8. The highest BCUT2D eigenvalue weighted by Gasteiger charge is 2.32. The number of benzene rings is 1. The van der Waals surface area contributed by atoms with Crippen molar-refractivity contribution < 1.29 is 17.9 Å². The third kappa shape index (κ3) is 3.01. The molecule has 6 heteroatoms. The Morgan fingerprint density at radius 3 is 2.53 bits per heavy atom. The van der Waals surface area contributed by atoms with Gasteiger partial charge in [0.2, 0.25) is 0 Å². The van der Waals surface area contributed by atoms with Crippen LogP contribution in [0.15, 0.2) is 18.2 Å². The zero-order valence-corrected chi connectivity index (χ0v) is 10.7. The lowest BCUT2D eigenvalue weighted by molar-refractivity contribution is 0.0162. The molecule has 0 bridgehead atoms. The number of halogens is 3. The monoisotopic (exact) mass is 274 g/mol. The van der Waals surface area contributed by atoms with Gasteiger partial charge in [-0.3, -0.25) is 4.90 Å². The minimum atomic E-state index is -2.64. The fraction of sp³-hybridized carbons (Fsp3) is 0.538. The molecule has 1 N–H and O–H groups in total. The molecule has 1 aromatic rings. The quantitative estimate of drug-likeness (QED) is 0.909. The summed E-state index contributed by atoms with van der Waals surface area (Å²) in [5.74, 6) is -0.702. The molecule has 0 spiro atoms. The highest BCUT2D eigenvalue weighted by Crippen LogP contribution is 2.33. The van der Waals surface area contributed by atoms with Gasteiger partial charge in [0.1, 0.15) is 0 Å². The second-order valence-electron chi connectivity index (χ2n) is 4.43. The van der Waals surface area contributed by atoms with Crippen LogP contribution < -0.4 is 10.1 Å². The van der Waals surface area contributed by atoms with Crippen molar-refractivity contribution in [1.29, 1.82) is 0 Å². The Kier molecular flexibility index (Phi) is 4.66. The molecule has 2 rings (SSSR count). The van der Waals surface area contributed by atoms with Crippen molar-refractivity contribution in [3.63, 3.8) is 0 Å². The second kappa shape index (κ2) is 6.25. The lowest BCUT2D eigenvalue weighted by Gasteiger charge is -2.34. The van der Waals surface area contributed by atoms with E-state index < -0.39 is 18.3 Å². The highest BCUT2D eigenvalue weighted by molar-refractivity contribution is 5.33. The van der Waals surface area contributed by atoms with Crippen LogP contribution in [0.4, 0.5) is 13.2 Å². The molecule has 106 valence electrons. The van der Waals surface area contributed by atoms with Gasteiger partial charge in [-0.15, -0.1) is 0 Å². The highest BCUT2D eigenvalue weighted by atomic mass is 19.3. The van der Waals surface area contributed by atoms with E-state index in [0.29, 0.717) is 26.2 Å². The maximum atomic E-state index is 14.1. The average Bonchev–Trinajstić information content (AvgIpc) is 2.42. The molecule has 1 fully saturated rings. The third-order valence-corrected chi connectivity index (χ3v) is 3.32. The van der Waals surface area contributed by atoms with Gasteiger partial charge in [0.25, 0.3) is 6.43 Å². The molecule has 0 saturated carbocycles. The van der Waals surface area contributed by atoms with E-state index in [2.05, 4.69) is 5.32 Å². The Labute approximate surface area is 110 Å². The zero-order valence-electron chi connectivity index (χ0n) is 10.7. The fourth-order valence-corrected chi connectivity index (χ4v) is 2.37. The van der Waals surface area contributed by atoms with Gasteiger partial charge in [0.15, 0.2) is 11.6 Å². The molecule has 1 aliphatic heterocycles. The van der Waals surface area contributed by atoms with Crippen molar-refractivity contribution >= 4 is 0 Å². The van der Waals surface area contributed by atoms with E-state index in [0.717, 1.165) is 0 Å². The molecule has 0 unspecified atom stereocenters. The smallest absolute Gasteiger partial charge is 0.258 e. The lowest BCUT2D eigenvalue weighted by Crippen LogP contribution is -2.47. The van der Waals surface area contributed by atoms with Crippen LogP contribution in [0.1, 0.15) is 11.6 Å². The van der Waals surface area contributed by atoms with Crippen molar-refractivity contribution in [2.75, 3.05) is 33.3 Å². The number of hydrogen-bond acceptors (Lipinski definition) is 3. The molecular weight excluding hydrogens is 257 g/mol. The third-order valence-electron chi connectivity index (χ3n) is 3.32. The van der Waals surface area contributed by atoms with Gasteiger partial charge in [-0.1, -0.05) is 12.1 Å². The number of rotatable bonds is 4. The van der Waals surface area contributed by atoms with Crippen LogP contribution in [0.5, 0.6) is 5.75 Å². The Morgan fingerprint density at radius 1 is 1.26 bits per heavy atom. The van der Waals surface area contributed by atoms with E-state index in [-0.39, 0.29) is 11.3 Å². The van der Waals surface area contributed by atoms with Crippen LogP contribution in [0, 0.1) is 5.82 Å². The molecule has 0 aliphatic carbocycles. The first-order valence-corrected chi connectivity index (χ1v) is 6.20. The molecule has 1 aromatic carbocycles. The van der Waals surface area contributed by atoms with Gasteiger partial charge in [0, 0.05) is 31.7 Å². The Bertz CT molecular complexity index is 422. The Balaban J connectivity index is 2.33. The minimum Gasteiger partial charge on any atom is -0.494 e. The molecule has 1 saturated heterocycles. The number of piperazine rings is 1. The van der Waals surface area contributed by atoms with Crippen LogP contribution in [-0.4, -0.2) is 44.6 Å². The number of hydrogen-bond donors (Lipinski definition) is 1. The molecule has 0 aromatic heterocycles. The van der Waals surface area contributed by atoms with E-state index >= 15 is 0 Å². The Hall–Kier alpha value is -1.27. The summed E-state index contributed by atoms with van der Waals surface area (Å²) >= 11 is 0. The largest absolute Gasteiger partial charge is 0.494 e. The van der Waals surface area contributed by atoms with Crippen LogP contribution in [-0.2, 0) is 0 Å². The fourth-order valence-electron chi connectivity index (χ4n) is 2.37. The standard InChI is InChI=1S/C13H17F3N2O/c1-19-10-4-2-3-9(11(10)14)12(13(15)16)18-7-5-17-6-8-18/h2-4,12-13,17H,5-8H2,1H3/t12-/m0/s1. The summed E-state index contributed by atoms with van der Waals surface area (Å²) in [5.41, 5.74) is -0.00347. The van der Waals surface area contributed by atoms with Crippen molar-refractivity contribution in [2.45, 2.75) is 12.5 Å². The van der Waals surface area contributed by atoms with E-state index in [1.807, 2.05) is 0 Å². The van der Waals surface area contributed by atoms with Gasteiger partial charge < -0.3 is 10.1 Å². The van der Waals surface area contributed by atoms with Crippen molar-refractivity contribution in [3.05, 3.63) is 29.6 Å². The van der Waals surface area contributed by atoms with Gasteiger partial charge in [0.05, 0.1) is 13.2 Å². The molecule has 1 heterocycles. The second-order valence-corrected chi connectivity index (χ2v) is 4.43. The summed E-state index contributed by atoms with van der Waals surface area (Å²) in [7, 11) is 1.32. The molecule has 0 radical (unpaired) electrons. The van der Waals surface area contributed by atoms with Crippen LogP contribution in [0.2, 0.25) is 0 Å². The van der Waals surface area contributed by atoms with Gasteiger partial charge >= 0.3 is 0 Å². The van der Waals surface area contributed by atoms with Crippen LogP contribution in [0.3, 0.4) is 0 Å². The van der Waals surface area contributed by atoms with E-state index in [1.54, 1.807) is 4.90 Å².